The highest BCUT2D eigenvalue weighted by Crippen LogP contribution is 2.39. The summed E-state index contributed by atoms with van der Waals surface area (Å²) in [5.41, 5.74) is 0.322. The SMILES string of the molecule is C=C(O)[C@@H]1CN(C(C)(C)C)C(C)(C)C1. The number of rotatable bonds is 1. The van der Waals surface area contributed by atoms with Crippen LogP contribution in [0.5, 0.6) is 0 Å². The Hall–Kier alpha value is -0.500. The highest BCUT2D eigenvalue weighted by Gasteiger charge is 2.44. The molecule has 0 aromatic heterocycles. The monoisotopic (exact) mass is 197 g/mol. The number of aliphatic hydroxyl groups excluding tert-OH is 1. The maximum atomic E-state index is 9.45. The molecule has 0 amide bonds. The van der Waals surface area contributed by atoms with Gasteiger partial charge < -0.3 is 5.11 Å². The van der Waals surface area contributed by atoms with Gasteiger partial charge in [0.25, 0.3) is 0 Å². The van der Waals surface area contributed by atoms with Gasteiger partial charge in [0.2, 0.25) is 0 Å². The van der Waals surface area contributed by atoms with Crippen molar-refractivity contribution >= 4 is 0 Å². The predicted molar refractivity (Wildman–Crippen MR) is 60.4 cm³/mol. The van der Waals surface area contributed by atoms with Gasteiger partial charge in [-0.2, -0.15) is 0 Å². The van der Waals surface area contributed by atoms with E-state index in [1.807, 2.05) is 0 Å². The molecule has 0 aromatic rings. The number of aliphatic hydroxyl groups is 1. The van der Waals surface area contributed by atoms with Crippen LogP contribution in [0.2, 0.25) is 0 Å². The molecule has 82 valence electrons. The number of likely N-dealkylation sites (tertiary alicyclic amines) is 1. The van der Waals surface area contributed by atoms with Crippen LogP contribution >= 0.6 is 0 Å². The quantitative estimate of drug-likeness (QED) is 0.653. The molecular weight excluding hydrogens is 174 g/mol. The van der Waals surface area contributed by atoms with Crippen molar-refractivity contribution in [2.24, 2.45) is 5.92 Å². The normalized spacial score (nSPS) is 27.9. The van der Waals surface area contributed by atoms with E-state index < -0.39 is 0 Å². The maximum absolute atomic E-state index is 9.45. The van der Waals surface area contributed by atoms with Crippen molar-refractivity contribution in [1.82, 2.24) is 4.90 Å². The lowest BCUT2D eigenvalue weighted by Gasteiger charge is -2.42. The summed E-state index contributed by atoms with van der Waals surface area (Å²) in [4.78, 5) is 2.45. The summed E-state index contributed by atoms with van der Waals surface area (Å²) in [5, 5.41) is 9.45. The maximum Gasteiger partial charge on any atom is 0.0895 e. The van der Waals surface area contributed by atoms with Crippen LogP contribution in [0.3, 0.4) is 0 Å². The largest absolute Gasteiger partial charge is 0.513 e. The third-order valence-corrected chi connectivity index (χ3v) is 3.16. The van der Waals surface area contributed by atoms with Gasteiger partial charge >= 0.3 is 0 Å². The Labute approximate surface area is 87.6 Å². The Kier molecular flexibility index (Phi) is 2.70. The topological polar surface area (TPSA) is 23.5 Å². The van der Waals surface area contributed by atoms with Crippen molar-refractivity contribution in [2.45, 2.75) is 52.1 Å². The minimum atomic E-state index is 0.160. The van der Waals surface area contributed by atoms with Gasteiger partial charge in [-0.15, -0.1) is 0 Å². The highest BCUT2D eigenvalue weighted by molar-refractivity contribution is 5.05. The van der Waals surface area contributed by atoms with Crippen LogP contribution in [-0.4, -0.2) is 27.6 Å². The molecule has 1 N–H and O–H groups in total. The van der Waals surface area contributed by atoms with Crippen molar-refractivity contribution < 1.29 is 5.11 Å². The molecule has 1 aliphatic rings. The molecule has 0 unspecified atom stereocenters. The van der Waals surface area contributed by atoms with E-state index in [1.54, 1.807) is 0 Å². The van der Waals surface area contributed by atoms with Gasteiger partial charge in [0, 0.05) is 23.5 Å². The zero-order chi connectivity index (χ0) is 11.1. The van der Waals surface area contributed by atoms with Crippen LogP contribution in [0.4, 0.5) is 0 Å². The fraction of sp³-hybridized carbons (Fsp3) is 0.833. The Bertz CT molecular complexity index is 237. The fourth-order valence-corrected chi connectivity index (χ4v) is 2.65. The standard InChI is InChI=1S/C12H23NO/c1-9(14)10-7-12(5,6)13(8-10)11(2,3)4/h10,14H,1,7-8H2,2-6H3/t10-/m0/s1. The van der Waals surface area contributed by atoms with E-state index in [4.69, 9.17) is 0 Å². The van der Waals surface area contributed by atoms with Gasteiger partial charge in [0.1, 0.15) is 0 Å². The fourth-order valence-electron chi connectivity index (χ4n) is 2.65. The zero-order valence-electron chi connectivity index (χ0n) is 10.1. The zero-order valence-corrected chi connectivity index (χ0v) is 10.1. The molecule has 0 saturated carbocycles. The van der Waals surface area contributed by atoms with Gasteiger partial charge in [0.15, 0.2) is 0 Å². The van der Waals surface area contributed by atoms with Gasteiger partial charge in [0.05, 0.1) is 5.76 Å². The van der Waals surface area contributed by atoms with Crippen molar-refractivity contribution in [2.75, 3.05) is 6.54 Å². The summed E-state index contributed by atoms with van der Waals surface area (Å²) >= 11 is 0. The Morgan fingerprint density at radius 3 is 2.14 bits per heavy atom. The van der Waals surface area contributed by atoms with Crippen molar-refractivity contribution in [3.63, 3.8) is 0 Å². The smallest absolute Gasteiger partial charge is 0.0895 e. The molecular formula is C12H23NO. The van der Waals surface area contributed by atoms with E-state index in [-0.39, 0.29) is 17.0 Å². The van der Waals surface area contributed by atoms with E-state index in [0.717, 1.165) is 13.0 Å². The molecule has 0 bridgehead atoms. The minimum Gasteiger partial charge on any atom is -0.513 e. The molecule has 1 atom stereocenters. The molecule has 1 fully saturated rings. The summed E-state index contributed by atoms with van der Waals surface area (Å²) < 4.78 is 0. The second kappa shape index (κ2) is 3.27. The third-order valence-electron chi connectivity index (χ3n) is 3.16. The molecule has 1 rings (SSSR count). The summed E-state index contributed by atoms with van der Waals surface area (Å²) in [6.07, 6.45) is 1.000. The highest BCUT2D eigenvalue weighted by atomic mass is 16.3. The molecule has 14 heavy (non-hydrogen) atoms. The molecule has 2 heteroatoms. The Morgan fingerprint density at radius 2 is 1.93 bits per heavy atom. The molecule has 1 heterocycles. The lowest BCUT2D eigenvalue weighted by atomic mass is 9.93. The first-order valence-electron chi connectivity index (χ1n) is 5.30. The molecule has 1 aliphatic heterocycles. The van der Waals surface area contributed by atoms with Crippen LogP contribution in [0.1, 0.15) is 41.0 Å². The van der Waals surface area contributed by atoms with E-state index in [9.17, 15) is 5.11 Å². The van der Waals surface area contributed by atoms with Crippen LogP contribution in [0.25, 0.3) is 0 Å². The van der Waals surface area contributed by atoms with E-state index in [0.29, 0.717) is 5.76 Å². The minimum absolute atomic E-state index is 0.160. The van der Waals surface area contributed by atoms with Crippen molar-refractivity contribution in [3.05, 3.63) is 12.3 Å². The summed E-state index contributed by atoms with van der Waals surface area (Å²) in [6, 6.07) is 0. The third kappa shape index (κ3) is 2.11. The first kappa shape index (κ1) is 11.6. The second-order valence-electron chi connectivity index (χ2n) is 5.99. The number of hydrogen-bond donors (Lipinski definition) is 1. The van der Waals surface area contributed by atoms with E-state index in [1.165, 1.54) is 0 Å². The summed E-state index contributed by atoms with van der Waals surface area (Å²) in [7, 11) is 0. The van der Waals surface area contributed by atoms with Gasteiger partial charge in [-0.1, -0.05) is 6.58 Å². The van der Waals surface area contributed by atoms with Crippen molar-refractivity contribution in [1.29, 1.82) is 0 Å². The molecule has 0 spiro atoms. The molecule has 0 aliphatic carbocycles. The van der Waals surface area contributed by atoms with Crippen molar-refractivity contribution in [3.8, 4) is 0 Å². The summed E-state index contributed by atoms with van der Waals surface area (Å²) in [5.74, 6) is 0.578. The van der Waals surface area contributed by atoms with Crippen LogP contribution in [-0.2, 0) is 0 Å². The average molecular weight is 197 g/mol. The molecule has 2 nitrogen and oxygen atoms in total. The van der Waals surface area contributed by atoms with Gasteiger partial charge in [-0.3, -0.25) is 4.90 Å². The van der Waals surface area contributed by atoms with Crippen LogP contribution in [0.15, 0.2) is 12.3 Å². The first-order valence-corrected chi connectivity index (χ1v) is 5.30. The van der Waals surface area contributed by atoms with Gasteiger partial charge in [-0.25, -0.2) is 0 Å². The lowest BCUT2D eigenvalue weighted by Crippen LogP contribution is -2.50. The second-order valence-corrected chi connectivity index (χ2v) is 5.99. The predicted octanol–water partition coefficient (Wildman–Crippen LogP) is 2.96. The average Bonchev–Trinajstić information content (AvgIpc) is 2.24. The Morgan fingerprint density at radius 1 is 1.43 bits per heavy atom. The summed E-state index contributed by atoms with van der Waals surface area (Å²) in [6.45, 7) is 15.7. The van der Waals surface area contributed by atoms with E-state index >= 15 is 0 Å². The van der Waals surface area contributed by atoms with Gasteiger partial charge in [-0.05, 0) is 41.0 Å². The number of hydrogen-bond acceptors (Lipinski definition) is 2. The molecule has 1 saturated heterocycles. The number of nitrogens with zero attached hydrogens (tertiary/aromatic N) is 1. The molecule has 0 aromatic carbocycles. The van der Waals surface area contributed by atoms with Crippen LogP contribution < -0.4 is 0 Å². The lowest BCUT2D eigenvalue weighted by molar-refractivity contribution is 0.0670. The Balaban J connectivity index is 2.85. The van der Waals surface area contributed by atoms with E-state index in [2.05, 4.69) is 46.1 Å². The van der Waals surface area contributed by atoms with Crippen LogP contribution in [0, 0.1) is 5.92 Å². The first-order chi connectivity index (χ1) is 6.14. The molecule has 0 radical (unpaired) electrons.